The van der Waals surface area contributed by atoms with Gasteiger partial charge in [-0.25, -0.2) is 4.98 Å². The van der Waals surface area contributed by atoms with Crippen LogP contribution in [0.1, 0.15) is 32.4 Å². The van der Waals surface area contributed by atoms with Gasteiger partial charge in [0, 0.05) is 31.7 Å². The van der Waals surface area contributed by atoms with Crippen LogP contribution in [0.3, 0.4) is 0 Å². The Balaban J connectivity index is 2.10. The van der Waals surface area contributed by atoms with Gasteiger partial charge in [0.25, 0.3) is 0 Å². The number of anilines is 1. The van der Waals surface area contributed by atoms with E-state index in [1.165, 1.54) is 12.8 Å². The summed E-state index contributed by atoms with van der Waals surface area (Å²) in [4.78, 5) is 9.32. The number of nitrogens with one attached hydrogen (secondary N) is 1. The van der Waals surface area contributed by atoms with Crippen LogP contribution < -0.4 is 10.2 Å². The summed E-state index contributed by atoms with van der Waals surface area (Å²) < 4.78 is 0. The lowest BCUT2D eigenvalue weighted by atomic mass is 10.2. The van der Waals surface area contributed by atoms with Crippen LogP contribution in [0, 0.1) is 0 Å². The molecule has 1 heterocycles. The zero-order chi connectivity index (χ0) is 15.4. The molecule has 5 heteroatoms. The molecule has 0 amide bonds. The van der Waals surface area contributed by atoms with Gasteiger partial charge in [0.15, 0.2) is 0 Å². The van der Waals surface area contributed by atoms with Crippen molar-refractivity contribution in [2.24, 2.45) is 0 Å². The molecule has 0 spiro atoms. The van der Waals surface area contributed by atoms with E-state index in [1.807, 2.05) is 12.1 Å². The first-order chi connectivity index (χ1) is 10.0. The topological polar surface area (TPSA) is 31.4 Å². The molecule has 1 atom stereocenters. The lowest BCUT2D eigenvalue weighted by Crippen LogP contribution is -2.40. The Labute approximate surface area is 133 Å². The van der Waals surface area contributed by atoms with Crippen LogP contribution >= 0.6 is 11.6 Å². The fourth-order valence-electron chi connectivity index (χ4n) is 2.61. The first kappa shape index (κ1) is 16.5. The van der Waals surface area contributed by atoms with E-state index in [4.69, 9.17) is 16.6 Å². The van der Waals surface area contributed by atoms with Crippen LogP contribution in [0.2, 0.25) is 5.02 Å². The fraction of sp³-hybridized carbons (Fsp3) is 0.688. The Hall–Kier alpha value is -0.840. The summed E-state index contributed by atoms with van der Waals surface area (Å²) in [6.45, 7) is 7.12. The van der Waals surface area contributed by atoms with Gasteiger partial charge >= 0.3 is 0 Å². The predicted octanol–water partition coefficient (Wildman–Crippen LogP) is 2.76. The third-order valence-corrected chi connectivity index (χ3v) is 4.18. The van der Waals surface area contributed by atoms with Gasteiger partial charge in [-0.2, -0.15) is 0 Å². The van der Waals surface area contributed by atoms with E-state index in [1.54, 1.807) is 0 Å². The number of hydrogen-bond donors (Lipinski definition) is 1. The summed E-state index contributed by atoms with van der Waals surface area (Å²) in [6.07, 6.45) is 2.55. The molecular weight excluding hydrogens is 284 g/mol. The SMILES string of the molecule is CCN(c1ccc(Cl)c(CNC2CC2)n1)C(C)CN(C)C. The summed E-state index contributed by atoms with van der Waals surface area (Å²) in [7, 11) is 4.20. The van der Waals surface area contributed by atoms with E-state index in [0.717, 1.165) is 36.2 Å². The van der Waals surface area contributed by atoms with Gasteiger partial charge in [-0.1, -0.05) is 11.6 Å². The second-order valence-electron chi connectivity index (χ2n) is 6.15. The molecule has 21 heavy (non-hydrogen) atoms. The van der Waals surface area contributed by atoms with Gasteiger partial charge in [0.1, 0.15) is 5.82 Å². The first-order valence-corrected chi connectivity index (χ1v) is 8.19. The zero-order valence-electron chi connectivity index (χ0n) is 13.6. The van der Waals surface area contributed by atoms with Crippen molar-refractivity contribution in [2.75, 3.05) is 32.1 Å². The smallest absolute Gasteiger partial charge is 0.129 e. The van der Waals surface area contributed by atoms with E-state index in [9.17, 15) is 0 Å². The average Bonchev–Trinajstić information content (AvgIpc) is 3.23. The van der Waals surface area contributed by atoms with Gasteiger partial charge in [0.05, 0.1) is 10.7 Å². The van der Waals surface area contributed by atoms with Crippen LogP contribution in [0.25, 0.3) is 0 Å². The van der Waals surface area contributed by atoms with Crippen molar-refractivity contribution in [1.29, 1.82) is 0 Å². The van der Waals surface area contributed by atoms with Gasteiger partial charge in [-0.15, -0.1) is 0 Å². The minimum Gasteiger partial charge on any atom is -0.353 e. The maximum atomic E-state index is 6.28. The molecular formula is C16H27ClN4. The molecule has 0 aromatic carbocycles. The van der Waals surface area contributed by atoms with Gasteiger partial charge < -0.3 is 15.1 Å². The second-order valence-corrected chi connectivity index (χ2v) is 6.56. The number of hydrogen-bond acceptors (Lipinski definition) is 4. The van der Waals surface area contributed by atoms with Crippen molar-refractivity contribution in [3.63, 3.8) is 0 Å². The molecule has 1 aromatic heterocycles. The molecule has 1 fully saturated rings. The molecule has 1 aromatic rings. The highest BCUT2D eigenvalue weighted by Crippen LogP contribution is 2.23. The predicted molar refractivity (Wildman–Crippen MR) is 90.1 cm³/mol. The Morgan fingerprint density at radius 2 is 2.10 bits per heavy atom. The number of nitrogens with zero attached hydrogens (tertiary/aromatic N) is 3. The number of aromatic nitrogens is 1. The standard InChI is InChI=1S/C16H27ClN4/c1-5-21(12(2)11-20(3)4)16-9-8-14(17)15(19-16)10-18-13-6-7-13/h8-9,12-13,18H,5-7,10-11H2,1-4H3. The Morgan fingerprint density at radius 3 is 2.67 bits per heavy atom. The monoisotopic (exact) mass is 310 g/mol. The van der Waals surface area contributed by atoms with Gasteiger partial charge in [-0.3, -0.25) is 0 Å². The molecule has 2 rings (SSSR count). The molecule has 1 aliphatic rings. The largest absolute Gasteiger partial charge is 0.353 e. The normalized spacial score (nSPS) is 16.3. The van der Waals surface area contributed by atoms with E-state index < -0.39 is 0 Å². The highest BCUT2D eigenvalue weighted by molar-refractivity contribution is 6.31. The van der Waals surface area contributed by atoms with Crippen molar-refractivity contribution in [3.8, 4) is 0 Å². The summed E-state index contributed by atoms with van der Waals surface area (Å²) in [5, 5.41) is 4.24. The van der Waals surface area contributed by atoms with E-state index in [0.29, 0.717) is 12.1 Å². The van der Waals surface area contributed by atoms with Gasteiger partial charge in [0.2, 0.25) is 0 Å². The van der Waals surface area contributed by atoms with Crippen molar-refractivity contribution < 1.29 is 0 Å². The maximum Gasteiger partial charge on any atom is 0.129 e. The average molecular weight is 311 g/mol. The van der Waals surface area contributed by atoms with Gasteiger partial charge in [-0.05, 0) is 52.9 Å². The minimum absolute atomic E-state index is 0.419. The summed E-state index contributed by atoms with van der Waals surface area (Å²) >= 11 is 6.28. The van der Waals surface area contributed by atoms with Crippen LogP contribution in [0.4, 0.5) is 5.82 Å². The molecule has 0 radical (unpaired) electrons. The molecule has 1 unspecified atom stereocenters. The third-order valence-electron chi connectivity index (χ3n) is 3.84. The Bertz CT molecular complexity index is 460. The van der Waals surface area contributed by atoms with E-state index in [-0.39, 0.29) is 0 Å². The van der Waals surface area contributed by atoms with Crippen LogP contribution in [0.5, 0.6) is 0 Å². The lowest BCUT2D eigenvalue weighted by Gasteiger charge is -2.31. The van der Waals surface area contributed by atoms with E-state index >= 15 is 0 Å². The van der Waals surface area contributed by atoms with Crippen molar-refractivity contribution in [2.45, 2.75) is 45.3 Å². The number of halogens is 1. The van der Waals surface area contributed by atoms with Crippen LogP contribution in [-0.2, 0) is 6.54 Å². The lowest BCUT2D eigenvalue weighted by molar-refractivity contribution is 0.372. The van der Waals surface area contributed by atoms with Crippen LogP contribution in [0.15, 0.2) is 12.1 Å². The molecule has 4 nitrogen and oxygen atoms in total. The third kappa shape index (κ3) is 4.83. The second kappa shape index (κ2) is 7.43. The quantitative estimate of drug-likeness (QED) is 0.800. The number of likely N-dealkylation sites (N-methyl/N-ethyl adjacent to an activating group) is 2. The first-order valence-electron chi connectivity index (χ1n) is 7.81. The number of pyridine rings is 1. The molecule has 118 valence electrons. The van der Waals surface area contributed by atoms with Crippen molar-refractivity contribution >= 4 is 17.4 Å². The van der Waals surface area contributed by atoms with E-state index in [2.05, 4.69) is 43.1 Å². The summed E-state index contributed by atoms with van der Waals surface area (Å²) in [5.74, 6) is 1.02. The van der Waals surface area contributed by atoms with Crippen molar-refractivity contribution in [1.82, 2.24) is 15.2 Å². The maximum absolute atomic E-state index is 6.28. The molecule has 0 saturated heterocycles. The Morgan fingerprint density at radius 1 is 1.38 bits per heavy atom. The number of rotatable bonds is 8. The minimum atomic E-state index is 0.419. The molecule has 1 N–H and O–H groups in total. The zero-order valence-corrected chi connectivity index (χ0v) is 14.3. The Kier molecular flexibility index (Phi) is 5.85. The molecule has 1 aliphatic carbocycles. The fourth-order valence-corrected chi connectivity index (χ4v) is 2.78. The highest BCUT2D eigenvalue weighted by atomic mass is 35.5. The summed E-state index contributed by atoms with van der Waals surface area (Å²) in [5.41, 5.74) is 0.955. The highest BCUT2D eigenvalue weighted by Gasteiger charge is 2.21. The van der Waals surface area contributed by atoms with Crippen molar-refractivity contribution in [3.05, 3.63) is 22.8 Å². The molecule has 0 bridgehead atoms. The van der Waals surface area contributed by atoms with Crippen LogP contribution in [-0.4, -0.2) is 49.2 Å². The summed E-state index contributed by atoms with van der Waals surface area (Å²) in [6, 6.07) is 5.08. The molecule has 0 aliphatic heterocycles. The molecule has 1 saturated carbocycles.